The van der Waals surface area contributed by atoms with E-state index >= 15 is 0 Å². The second-order valence-corrected chi connectivity index (χ2v) is 6.98. The summed E-state index contributed by atoms with van der Waals surface area (Å²) in [7, 11) is 0. The van der Waals surface area contributed by atoms with Gasteiger partial charge in [0, 0.05) is 0 Å². The van der Waals surface area contributed by atoms with Crippen molar-refractivity contribution in [2.75, 3.05) is 11.1 Å². The molecule has 2 aromatic rings. The Kier molecular flexibility index (Phi) is 5.26. The van der Waals surface area contributed by atoms with Crippen molar-refractivity contribution in [3.8, 4) is 0 Å². The number of anilines is 2. The number of nitrogens with two attached hydrogens (primary N) is 1. The number of carbonyl (C=O) groups excluding carboxylic acids is 2. The minimum absolute atomic E-state index is 0.240. The topological polar surface area (TPSA) is 84.2 Å². The molecule has 1 aliphatic rings. The molecule has 3 rings (SSSR count). The van der Waals surface area contributed by atoms with E-state index in [1.165, 1.54) is 24.0 Å². The molecule has 5 heteroatoms. The predicted octanol–water partition coefficient (Wildman–Crippen LogP) is 3.27. The van der Waals surface area contributed by atoms with E-state index in [1.807, 2.05) is 26.0 Å². The van der Waals surface area contributed by atoms with Gasteiger partial charge in [-0.2, -0.15) is 0 Å². The second kappa shape index (κ2) is 7.60. The van der Waals surface area contributed by atoms with Gasteiger partial charge in [0.15, 0.2) is 0 Å². The Hall–Kier alpha value is -2.82. The van der Waals surface area contributed by atoms with Crippen LogP contribution in [0.4, 0.5) is 11.4 Å². The van der Waals surface area contributed by atoms with Crippen molar-refractivity contribution in [1.29, 1.82) is 0 Å². The van der Waals surface area contributed by atoms with Crippen LogP contribution in [0.15, 0.2) is 36.4 Å². The highest BCUT2D eigenvalue weighted by atomic mass is 16.2. The zero-order valence-electron chi connectivity index (χ0n) is 15.3. The molecule has 2 aromatic carbocycles. The minimum atomic E-state index is -0.716. The van der Waals surface area contributed by atoms with Gasteiger partial charge in [0.25, 0.3) is 0 Å². The molecule has 0 spiro atoms. The average Bonchev–Trinajstić information content (AvgIpc) is 2.64. The lowest BCUT2D eigenvalue weighted by molar-refractivity contribution is -0.136. The minimum Gasteiger partial charge on any atom is -0.397 e. The lowest BCUT2D eigenvalue weighted by Gasteiger charge is -2.20. The van der Waals surface area contributed by atoms with Crippen LogP contribution < -0.4 is 16.4 Å². The third-order valence-electron chi connectivity index (χ3n) is 4.88. The van der Waals surface area contributed by atoms with E-state index in [-0.39, 0.29) is 6.04 Å². The highest BCUT2D eigenvalue weighted by Crippen LogP contribution is 2.25. The summed E-state index contributed by atoms with van der Waals surface area (Å²) in [6.45, 7) is 3.78. The lowest BCUT2D eigenvalue weighted by Crippen LogP contribution is -2.37. The SMILES string of the molecule is Cc1ccc(N)c(NC(=O)C(=O)NC(C)c2ccc3c(c2)CCCC3)c1. The number of carbonyl (C=O) groups is 2. The Bertz CT molecular complexity index is 845. The normalized spacial score (nSPS) is 14.2. The molecule has 0 aliphatic heterocycles. The lowest BCUT2D eigenvalue weighted by atomic mass is 9.89. The molecule has 4 N–H and O–H groups in total. The summed E-state index contributed by atoms with van der Waals surface area (Å²) in [6.07, 6.45) is 4.64. The second-order valence-electron chi connectivity index (χ2n) is 6.98. The first-order valence-electron chi connectivity index (χ1n) is 9.03. The number of hydrogen-bond donors (Lipinski definition) is 3. The maximum absolute atomic E-state index is 12.3. The van der Waals surface area contributed by atoms with Gasteiger partial charge >= 0.3 is 11.8 Å². The third kappa shape index (κ3) is 4.04. The van der Waals surface area contributed by atoms with Crippen LogP contribution in [0, 0.1) is 6.92 Å². The van der Waals surface area contributed by atoms with Crippen LogP contribution in [-0.2, 0) is 22.4 Å². The van der Waals surface area contributed by atoms with E-state index in [4.69, 9.17) is 5.73 Å². The van der Waals surface area contributed by atoms with Crippen molar-refractivity contribution < 1.29 is 9.59 Å². The molecule has 0 fully saturated rings. The first kappa shape index (κ1) is 18.0. The first-order chi connectivity index (χ1) is 12.4. The highest BCUT2D eigenvalue weighted by molar-refractivity contribution is 6.40. The van der Waals surface area contributed by atoms with E-state index in [0.29, 0.717) is 11.4 Å². The van der Waals surface area contributed by atoms with Gasteiger partial charge in [0.1, 0.15) is 0 Å². The molecule has 0 saturated heterocycles. The van der Waals surface area contributed by atoms with Crippen LogP contribution in [0.5, 0.6) is 0 Å². The van der Waals surface area contributed by atoms with E-state index in [1.54, 1.807) is 12.1 Å². The smallest absolute Gasteiger partial charge is 0.313 e. The molecule has 136 valence electrons. The molecule has 0 saturated carbocycles. The summed E-state index contributed by atoms with van der Waals surface area (Å²) in [5.41, 5.74) is 11.4. The fraction of sp³-hybridized carbons (Fsp3) is 0.333. The van der Waals surface area contributed by atoms with Crippen molar-refractivity contribution in [2.45, 2.75) is 45.6 Å². The Morgan fingerprint density at radius 1 is 1.00 bits per heavy atom. The number of aryl methyl sites for hydroxylation is 3. The van der Waals surface area contributed by atoms with E-state index < -0.39 is 11.8 Å². The Balaban J connectivity index is 1.65. The van der Waals surface area contributed by atoms with E-state index in [2.05, 4.69) is 22.8 Å². The van der Waals surface area contributed by atoms with Gasteiger partial charge in [-0.05, 0) is 73.9 Å². The number of nitrogen functional groups attached to an aromatic ring is 1. The van der Waals surface area contributed by atoms with Gasteiger partial charge in [-0.25, -0.2) is 0 Å². The highest BCUT2D eigenvalue weighted by Gasteiger charge is 2.19. The fourth-order valence-corrected chi connectivity index (χ4v) is 3.33. The standard InChI is InChI=1S/C21H25N3O2/c1-13-7-10-18(22)19(11-13)24-21(26)20(25)23-14(2)16-9-8-15-5-3-4-6-17(15)12-16/h7-12,14H,3-6,22H2,1-2H3,(H,23,25)(H,24,26). The monoisotopic (exact) mass is 351 g/mol. The molecule has 0 heterocycles. The van der Waals surface area contributed by atoms with E-state index in [9.17, 15) is 9.59 Å². The molecular formula is C21H25N3O2. The number of rotatable bonds is 3. The Morgan fingerprint density at radius 2 is 1.73 bits per heavy atom. The molecule has 1 aliphatic carbocycles. The summed E-state index contributed by atoms with van der Waals surface area (Å²) >= 11 is 0. The maximum atomic E-state index is 12.3. The number of fused-ring (bicyclic) bond motifs is 1. The zero-order valence-corrected chi connectivity index (χ0v) is 15.3. The molecule has 0 aromatic heterocycles. The molecule has 5 nitrogen and oxygen atoms in total. The van der Waals surface area contributed by atoms with Gasteiger partial charge < -0.3 is 16.4 Å². The third-order valence-corrected chi connectivity index (χ3v) is 4.88. The molecule has 26 heavy (non-hydrogen) atoms. The van der Waals surface area contributed by atoms with Crippen molar-refractivity contribution in [3.63, 3.8) is 0 Å². The van der Waals surface area contributed by atoms with Gasteiger partial charge in [-0.3, -0.25) is 9.59 Å². The largest absolute Gasteiger partial charge is 0.397 e. The molecule has 1 atom stereocenters. The quantitative estimate of drug-likeness (QED) is 0.586. The molecule has 2 amide bonds. The zero-order chi connectivity index (χ0) is 18.7. The molecule has 1 unspecified atom stereocenters. The van der Waals surface area contributed by atoms with Crippen LogP contribution in [-0.4, -0.2) is 11.8 Å². The van der Waals surface area contributed by atoms with Crippen molar-refractivity contribution in [1.82, 2.24) is 5.32 Å². The van der Waals surface area contributed by atoms with Gasteiger partial charge in [0.2, 0.25) is 0 Å². The summed E-state index contributed by atoms with van der Waals surface area (Å²) in [6, 6.07) is 11.4. The summed E-state index contributed by atoms with van der Waals surface area (Å²) in [5, 5.41) is 5.35. The molecule has 0 bridgehead atoms. The summed E-state index contributed by atoms with van der Waals surface area (Å²) in [4.78, 5) is 24.4. The van der Waals surface area contributed by atoms with Crippen LogP contribution in [0.25, 0.3) is 0 Å². The van der Waals surface area contributed by atoms with Gasteiger partial charge in [-0.15, -0.1) is 0 Å². The molecular weight excluding hydrogens is 326 g/mol. The van der Waals surface area contributed by atoms with Crippen LogP contribution in [0.2, 0.25) is 0 Å². The van der Waals surface area contributed by atoms with E-state index in [0.717, 1.165) is 24.0 Å². The molecule has 0 radical (unpaired) electrons. The van der Waals surface area contributed by atoms with Crippen LogP contribution >= 0.6 is 0 Å². The maximum Gasteiger partial charge on any atom is 0.313 e. The fourth-order valence-electron chi connectivity index (χ4n) is 3.33. The van der Waals surface area contributed by atoms with Crippen LogP contribution in [0.1, 0.15) is 48.1 Å². The predicted molar refractivity (Wildman–Crippen MR) is 104 cm³/mol. The van der Waals surface area contributed by atoms with Crippen molar-refractivity contribution in [2.24, 2.45) is 0 Å². The Morgan fingerprint density at radius 3 is 2.50 bits per heavy atom. The van der Waals surface area contributed by atoms with Crippen LogP contribution in [0.3, 0.4) is 0 Å². The summed E-state index contributed by atoms with van der Waals surface area (Å²) in [5.74, 6) is -1.39. The number of amides is 2. The average molecular weight is 351 g/mol. The van der Waals surface area contributed by atoms with Gasteiger partial charge in [0.05, 0.1) is 17.4 Å². The first-order valence-corrected chi connectivity index (χ1v) is 9.03. The number of nitrogens with one attached hydrogen (secondary N) is 2. The van der Waals surface area contributed by atoms with Gasteiger partial charge in [-0.1, -0.05) is 24.3 Å². The van der Waals surface area contributed by atoms with Crippen molar-refractivity contribution in [3.05, 3.63) is 58.7 Å². The number of benzene rings is 2. The summed E-state index contributed by atoms with van der Waals surface area (Å²) < 4.78 is 0. The van der Waals surface area contributed by atoms with Crippen molar-refractivity contribution >= 4 is 23.2 Å². The number of hydrogen-bond acceptors (Lipinski definition) is 3. The Labute approximate surface area is 154 Å².